The molecule has 0 bridgehead atoms. The second-order valence-electron chi connectivity index (χ2n) is 1.69. The van der Waals surface area contributed by atoms with Crippen LogP contribution in [0.5, 0.6) is 0 Å². The van der Waals surface area contributed by atoms with Gasteiger partial charge in [0.25, 0.3) is 0 Å². The molecule has 1 aromatic carbocycles. The summed E-state index contributed by atoms with van der Waals surface area (Å²) in [4.78, 5) is 0. The Morgan fingerprint density at radius 2 is 1.08 bits per heavy atom. The molecule has 1 rings (SSSR count). The normalized spacial score (nSPS) is 9.15. The zero-order chi connectivity index (χ0) is 10.6. The predicted octanol–water partition coefficient (Wildman–Crippen LogP) is 2.23. The molecule has 0 aromatic heterocycles. The summed E-state index contributed by atoms with van der Waals surface area (Å²) in [6, 6.07) is 1.02. The quantitative estimate of drug-likeness (QED) is 0.346. The number of halogens is 5. The Morgan fingerprint density at radius 3 is 1.38 bits per heavy atom. The lowest BCUT2D eigenvalue weighted by atomic mass is 10.3. The Balaban J connectivity index is 0.000000671. The average molecular weight is 198 g/mol. The van der Waals surface area contributed by atoms with Crippen LogP contribution in [0, 0.1) is 35.2 Å². The predicted molar refractivity (Wildman–Crippen MR) is 31.7 cm³/mol. The fraction of sp³-hybridized carbons (Fsp3) is 0.143. The fourth-order valence-electron chi connectivity index (χ4n) is 0.495. The van der Waals surface area contributed by atoms with Crippen LogP contribution in [0.1, 0.15) is 0 Å². The van der Waals surface area contributed by atoms with Gasteiger partial charge in [0.05, 0.1) is 13.2 Å². The first-order valence-electron chi connectivity index (χ1n) is 2.85. The van der Waals surface area contributed by atoms with E-state index in [1.807, 2.05) is 0 Å². The van der Waals surface area contributed by atoms with E-state index in [-0.39, 0.29) is 0 Å². The maximum Gasteiger partial charge on any atom is 0.200 e. The first-order valence-corrected chi connectivity index (χ1v) is 2.85. The molecular weight excluding hydrogens is 195 g/mol. The fourth-order valence-corrected chi connectivity index (χ4v) is 0.495. The molecule has 0 fully saturated rings. The van der Waals surface area contributed by atoms with Crippen molar-refractivity contribution in [2.24, 2.45) is 0 Å². The molecule has 1 aromatic rings. The molecule has 0 aliphatic carbocycles. The molecule has 0 aliphatic heterocycles. The van der Waals surface area contributed by atoms with Crippen LogP contribution in [0.3, 0.4) is 0 Å². The summed E-state index contributed by atoms with van der Waals surface area (Å²) >= 11 is 0. The van der Waals surface area contributed by atoms with Crippen LogP contribution in [-0.2, 0) is 5.11 Å². The van der Waals surface area contributed by atoms with Crippen LogP contribution < -0.4 is 0 Å². The van der Waals surface area contributed by atoms with Crippen LogP contribution in [0.4, 0.5) is 22.0 Å². The van der Waals surface area contributed by atoms with E-state index >= 15 is 0 Å². The van der Waals surface area contributed by atoms with Gasteiger partial charge in [-0.15, -0.1) is 0 Å². The summed E-state index contributed by atoms with van der Waals surface area (Å²) < 4.78 is 59.9. The topological polar surface area (TPSA) is 19.9 Å². The molecule has 0 saturated heterocycles. The van der Waals surface area contributed by atoms with Crippen molar-refractivity contribution >= 4 is 0 Å². The van der Waals surface area contributed by atoms with Gasteiger partial charge in [-0.05, 0) is 0 Å². The molecular formula is C7H3F5O. The minimum absolute atomic E-state index is 0.750. The third kappa shape index (κ3) is 2.38. The second kappa shape index (κ2) is 4.76. The molecule has 13 heavy (non-hydrogen) atoms. The highest BCUT2D eigenvalue weighted by atomic mass is 19.2. The largest absolute Gasteiger partial charge is 0.240 e. The smallest absolute Gasteiger partial charge is 0.200 e. The van der Waals surface area contributed by atoms with Crippen LogP contribution in [0.25, 0.3) is 0 Å². The lowest BCUT2D eigenvalue weighted by Crippen LogP contribution is -1.98. The molecule has 0 saturated carbocycles. The average Bonchev–Trinajstić information content (AvgIpc) is 2.15. The molecule has 0 N–H and O–H groups in total. The van der Waals surface area contributed by atoms with Crippen molar-refractivity contribution in [2.75, 3.05) is 7.11 Å². The van der Waals surface area contributed by atoms with Crippen molar-refractivity contribution in [3.05, 3.63) is 35.2 Å². The highest BCUT2D eigenvalue weighted by Gasteiger charge is 2.18. The van der Waals surface area contributed by atoms with Crippen LogP contribution in [-0.4, -0.2) is 7.11 Å². The highest BCUT2D eigenvalue weighted by Crippen LogP contribution is 2.16. The SMILES string of the molecule is C[O].Fc1[c]c(F)c(F)c(F)c1F. The lowest BCUT2D eigenvalue weighted by molar-refractivity contribution is 0.282. The second-order valence-corrected chi connectivity index (χ2v) is 1.69. The number of benzene rings is 1. The number of rotatable bonds is 0. The minimum Gasteiger partial charge on any atom is -0.240 e. The first kappa shape index (κ1) is 11.8. The Labute approximate surface area is 70.4 Å². The number of hydrogen-bond donors (Lipinski definition) is 0. The Morgan fingerprint density at radius 1 is 0.769 bits per heavy atom. The third-order valence-corrected chi connectivity index (χ3v) is 0.990. The molecule has 6 heteroatoms. The van der Waals surface area contributed by atoms with Crippen molar-refractivity contribution in [3.8, 4) is 0 Å². The summed E-state index contributed by atoms with van der Waals surface area (Å²) in [6.45, 7) is 0. The summed E-state index contributed by atoms with van der Waals surface area (Å²) in [5.74, 6) is -10.0. The molecule has 0 atom stereocenters. The standard InChI is InChI=1S/C6F5.CH3O/c7-2-1-3(8)5(10)6(11)4(2)9;1-2/h;1H3. The molecule has 0 unspecified atom stereocenters. The van der Waals surface area contributed by atoms with E-state index in [0.29, 0.717) is 0 Å². The van der Waals surface area contributed by atoms with Gasteiger partial charge in [0.2, 0.25) is 5.82 Å². The van der Waals surface area contributed by atoms with Crippen molar-refractivity contribution in [1.29, 1.82) is 0 Å². The van der Waals surface area contributed by atoms with Crippen molar-refractivity contribution < 1.29 is 27.1 Å². The molecule has 0 spiro atoms. The van der Waals surface area contributed by atoms with Gasteiger partial charge in [0, 0.05) is 0 Å². The molecule has 0 heterocycles. The molecule has 1 nitrogen and oxygen atoms in total. The third-order valence-electron chi connectivity index (χ3n) is 0.990. The highest BCUT2D eigenvalue weighted by molar-refractivity contribution is 5.11. The Kier molecular flexibility index (Phi) is 4.33. The van der Waals surface area contributed by atoms with E-state index in [9.17, 15) is 22.0 Å². The monoisotopic (exact) mass is 198 g/mol. The van der Waals surface area contributed by atoms with Gasteiger partial charge in [0.1, 0.15) is 0 Å². The van der Waals surface area contributed by atoms with Gasteiger partial charge < -0.3 is 0 Å². The van der Waals surface area contributed by atoms with Crippen molar-refractivity contribution in [1.82, 2.24) is 0 Å². The molecule has 72 valence electrons. The number of hydrogen-bond acceptors (Lipinski definition) is 0. The van der Waals surface area contributed by atoms with Crippen LogP contribution in [0.2, 0.25) is 0 Å². The van der Waals surface area contributed by atoms with Crippen LogP contribution >= 0.6 is 0 Å². The lowest BCUT2D eigenvalue weighted by Gasteiger charge is -1.95. The molecule has 0 aliphatic rings. The summed E-state index contributed by atoms with van der Waals surface area (Å²) in [5.41, 5.74) is 0. The van der Waals surface area contributed by atoms with E-state index in [4.69, 9.17) is 5.11 Å². The first-order chi connectivity index (χ1) is 6.04. The summed E-state index contributed by atoms with van der Waals surface area (Å²) in [5, 5.41) is 8.25. The van der Waals surface area contributed by atoms with E-state index < -0.39 is 29.1 Å². The van der Waals surface area contributed by atoms with E-state index in [0.717, 1.165) is 13.2 Å². The van der Waals surface area contributed by atoms with Crippen LogP contribution in [0.15, 0.2) is 0 Å². The van der Waals surface area contributed by atoms with Gasteiger partial charge in [0.15, 0.2) is 23.3 Å². The minimum atomic E-state index is -2.17. The van der Waals surface area contributed by atoms with E-state index in [2.05, 4.69) is 0 Å². The molecule has 2 radical (unpaired) electrons. The van der Waals surface area contributed by atoms with Gasteiger partial charge >= 0.3 is 0 Å². The maximum atomic E-state index is 12.0. The van der Waals surface area contributed by atoms with Gasteiger partial charge in [-0.3, -0.25) is 0 Å². The van der Waals surface area contributed by atoms with Gasteiger partial charge in [-0.1, -0.05) is 0 Å². The van der Waals surface area contributed by atoms with Crippen molar-refractivity contribution in [2.45, 2.75) is 0 Å². The summed E-state index contributed by atoms with van der Waals surface area (Å²) in [6.07, 6.45) is 0. The Hall–Kier alpha value is -1.17. The Bertz CT molecular complexity index is 273. The van der Waals surface area contributed by atoms with E-state index in [1.165, 1.54) is 0 Å². The van der Waals surface area contributed by atoms with E-state index in [1.54, 1.807) is 0 Å². The zero-order valence-electron chi connectivity index (χ0n) is 6.30. The zero-order valence-corrected chi connectivity index (χ0v) is 6.30. The molecule has 0 amide bonds. The van der Waals surface area contributed by atoms with Crippen molar-refractivity contribution in [3.63, 3.8) is 0 Å². The maximum absolute atomic E-state index is 12.0. The van der Waals surface area contributed by atoms with Gasteiger partial charge in [-0.2, -0.15) is 0 Å². The van der Waals surface area contributed by atoms with Gasteiger partial charge in [-0.25, -0.2) is 27.1 Å². The summed E-state index contributed by atoms with van der Waals surface area (Å²) in [7, 11) is 0.750.